The fourth-order valence-electron chi connectivity index (χ4n) is 6.72. The number of fused-ring (bicyclic) bond motifs is 2. The highest BCUT2D eigenvalue weighted by molar-refractivity contribution is 7.58. The van der Waals surface area contributed by atoms with Crippen LogP contribution in [0.25, 0.3) is 52.8 Å². The van der Waals surface area contributed by atoms with Crippen LogP contribution >= 0.6 is 34.4 Å². The number of hydrogen-bond donors (Lipinski definition) is 0. The van der Waals surface area contributed by atoms with E-state index in [0.29, 0.717) is 79.1 Å². The maximum Gasteiger partial charge on any atom is 0.135 e. The third-order valence-electron chi connectivity index (χ3n) is 9.67. The molecule has 0 bridgehead atoms. The summed E-state index contributed by atoms with van der Waals surface area (Å²) in [7, 11) is 0. The van der Waals surface area contributed by atoms with Gasteiger partial charge in [-0.25, -0.2) is 17.6 Å². The van der Waals surface area contributed by atoms with Crippen molar-refractivity contribution in [3.63, 3.8) is 0 Å². The number of benzene rings is 3. The lowest BCUT2D eigenvalue weighted by Crippen LogP contribution is -2.05. The van der Waals surface area contributed by atoms with Gasteiger partial charge in [-0.1, -0.05) is 59.8 Å². The van der Waals surface area contributed by atoms with Crippen LogP contribution in [-0.2, 0) is 24.2 Å². The van der Waals surface area contributed by atoms with Gasteiger partial charge in [0.05, 0.1) is 34.2 Å². The first-order valence-corrected chi connectivity index (χ1v) is 20.4. The van der Waals surface area contributed by atoms with Crippen LogP contribution < -0.4 is 0 Å². The highest BCUT2D eigenvalue weighted by Crippen LogP contribution is 2.55. The summed E-state index contributed by atoms with van der Waals surface area (Å²) in [5.74, 6) is -1.62. The molecule has 51 heavy (non-hydrogen) atoms. The minimum Gasteiger partial charge on any atom is -0.206 e. The fourth-order valence-corrected chi connectivity index (χ4v) is 10.0. The summed E-state index contributed by atoms with van der Waals surface area (Å²) in [4.78, 5) is 2.37. The molecule has 0 saturated carbocycles. The molecular weight excluding hydrogens is 729 g/mol. The second-order valence-electron chi connectivity index (χ2n) is 13.2. The molecule has 7 rings (SSSR count). The molecule has 264 valence electrons. The molecule has 0 amide bonds. The van der Waals surface area contributed by atoms with Gasteiger partial charge in [0.25, 0.3) is 0 Å². The van der Waals surface area contributed by atoms with Crippen LogP contribution in [0.2, 0.25) is 0 Å². The smallest absolute Gasteiger partial charge is 0.135 e. The zero-order valence-electron chi connectivity index (χ0n) is 28.7. The van der Waals surface area contributed by atoms with E-state index in [-0.39, 0.29) is 11.1 Å². The van der Waals surface area contributed by atoms with Crippen molar-refractivity contribution >= 4 is 68.2 Å². The molecule has 3 aromatic heterocycles. The van der Waals surface area contributed by atoms with Crippen molar-refractivity contribution in [2.45, 2.75) is 72.6 Å². The van der Waals surface area contributed by atoms with Crippen LogP contribution in [0.3, 0.4) is 0 Å². The highest BCUT2D eigenvalue weighted by atomic mass is 32.1. The number of thiophene rings is 2. The van der Waals surface area contributed by atoms with E-state index in [9.17, 15) is 0 Å². The van der Waals surface area contributed by atoms with Gasteiger partial charge in [0, 0.05) is 30.6 Å². The Hall–Kier alpha value is -3.58. The Morgan fingerprint density at radius 1 is 0.608 bits per heavy atom. The number of hydrogen-bond acceptors (Lipinski definition) is 7. The molecule has 0 saturated heterocycles. The molecule has 6 aromatic rings. The topological polar surface area (TPSA) is 50.5 Å². The van der Waals surface area contributed by atoms with Gasteiger partial charge in [-0.05, 0) is 84.3 Å². The number of rotatable bonds is 13. The third-order valence-corrected chi connectivity index (χ3v) is 13.0. The fraction of sp³-hybridized carbons (Fsp3) is 0.333. The predicted octanol–water partition coefficient (Wildman–Crippen LogP) is 14.1. The first kappa shape index (κ1) is 35.8. The van der Waals surface area contributed by atoms with Crippen molar-refractivity contribution < 1.29 is 17.6 Å². The van der Waals surface area contributed by atoms with Gasteiger partial charge in [-0.15, -0.1) is 22.7 Å². The standard InChI is InChI=1S/C39H36F4N4S4/c1-5-8-9-21(7-3)15-23-18-26(42)33(27(43)19-23)29-11-13-31(49-29)35-38-36(44-50-46-38)34(37-39(35)47-51-45-37)30-12-10-28(48-30)32-24(40)16-22(17-25(32)41)14-20(4)6-2/h10-13,16-21H,5-9,14-15H2,1-4H3. The number of unbranched alkanes of at least 4 members (excludes halogenated alkanes) is 1. The summed E-state index contributed by atoms with van der Waals surface area (Å²) in [5, 5.41) is 0. The molecule has 12 heteroatoms. The van der Waals surface area contributed by atoms with Gasteiger partial charge in [-0.2, -0.15) is 17.5 Å². The average Bonchev–Trinajstić information content (AvgIpc) is 3.93. The van der Waals surface area contributed by atoms with E-state index < -0.39 is 23.3 Å². The maximum absolute atomic E-state index is 15.6. The van der Waals surface area contributed by atoms with Crippen molar-refractivity contribution in [2.24, 2.45) is 20.6 Å². The second-order valence-corrected chi connectivity index (χ2v) is 16.4. The highest BCUT2D eigenvalue weighted by Gasteiger charge is 2.29. The van der Waals surface area contributed by atoms with Gasteiger partial charge < -0.3 is 0 Å². The molecule has 0 spiro atoms. The quantitative estimate of drug-likeness (QED) is 0.110. The summed E-state index contributed by atoms with van der Waals surface area (Å²) in [6, 6.07) is 12.9. The summed E-state index contributed by atoms with van der Waals surface area (Å²) in [6.07, 6.45) is 6.39. The molecule has 0 radical (unpaired) electrons. The SMILES string of the molecule is CCCCC(CC)Cc1cc(F)c(-c2ccc(-c3c4c(c(-c5ccc(-c6c(F)cc(CC(C)CC)cc6F)s5)c5nsnc35)N=S=N4)s2)c(F)c1. The molecule has 2 unspecified atom stereocenters. The molecule has 0 fully saturated rings. The molecule has 3 aromatic carbocycles. The Bertz CT molecular complexity index is 2270. The van der Waals surface area contributed by atoms with Gasteiger partial charge >= 0.3 is 0 Å². The number of aromatic nitrogens is 2. The van der Waals surface area contributed by atoms with Crippen molar-refractivity contribution in [1.29, 1.82) is 0 Å². The Kier molecular flexibility index (Phi) is 10.7. The first-order chi connectivity index (χ1) is 24.7. The van der Waals surface area contributed by atoms with Crippen LogP contribution in [-0.4, -0.2) is 8.75 Å². The molecule has 1 aliphatic heterocycles. The van der Waals surface area contributed by atoms with Gasteiger partial charge in [0.2, 0.25) is 0 Å². The molecule has 4 nitrogen and oxygen atoms in total. The lowest BCUT2D eigenvalue weighted by molar-refractivity contribution is 0.447. The van der Waals surface area contributed by atoms with Crippen LogP contribution in [0.4, 0.5) is 28.9 Å². The van der Waals surface area contributed by atoms with Crippen LogP contribution in [0.1, 0.15) is 70.9 Å². The summed E-state index contributed by atoms with van der Waals surface area (Å²) >= 11 is 4.60. The minimum atomic E-state index is -0.592. The molecule has 0 aliphatic carbocycles. The van der Waals surface area contributed by atoms with E-state index >= 15 is 17.6 Å². The average molecular weight is 765 g/mol. The van der Waals surface area contributed by atoms with E-state index in [1.165, 1.54) is 46.9 Å². The lowest BCUT2D eigenvalue weighted by atomic mass is 9.91. The Morgan fingerprint density at radius 2 is 1.06 bits per heavy atom. The monoisotopic (exact) mass is 764 g/mol. The maximum atomic E-state index is 15.6. The van der Waals surface area contributed by atoms with E-state index in [0.717, 1.165) is 64.9 Å². The van der Waals surface area contributed by atoms with Gasteiger partial charge in [0.1, 0.15) is 45.7 Å². The van der Waals surface area contributed by atoms with Crippen molar-refractivity contribution in [3.05, 3.63) is 82.9 Å². The van der Waals surface area contributed by atoms with E-state index in [4.69, 9.17) is 0 Å². The normalized spacial score (nSPS) is 13.6. The summed E-state index contributed by atoms with van der Waals surface area (Å²) in [5.41, 5.74) is 4.91. The largest absolute Gasteiger partial charge is 0.206 e. The van der Waals surface area contributed by atoms with Gasteiger partial charge in [-0.3, -0.25) is 0 Å². The molecule has 2 atom stereocenters. The van der Waals surface area contributed by atoms with Crippen molar-refractivity contribution in [3.8, 4) is 41.8 Å². The molecule has 1 aliphatic rings. The minimum absolute atomic E-state index is 0.0491. The molecule has 0 N–H and O–H groups in total. The number of nitrogens with zero attached hydrogens (tertiary/aromatic N) is 4. The van der Waals surface area contributed by atoms with Crippen molar-refractivity contribution in [1.82, 2.24) is 8.75 Å². The zero-order chi connectivity index (χ0) is 35.8. The number of halogens is 4. The predicted molar refractivity (Wildman–Crippen MR) is 206 cm³/mol. The second kappa shape index (κ2) is 15.2. The third kappa shape index (κ3) is 7.00. The Morgan fingerprint density at radius 3 is 1.49 bits per heavy atom. The summed E-state index contributed by atoms with van der Waals surface area (Å²) in [6.45, 7) is 8.40. The van der Waals surface area contributed by atoms with Crippen LogP contribution in [0.5, 0.6) is 0 Å². The zero-order valence-corrected chi connectivity index (χ0v) is 31.9. The van der Waals surface area contributed by atoms with Crippen molar-refractivity contribution in [2.75, 3.05) is 0 Å². The first-order valence-electron chi connectivity index (χ1n) is 17.3. The molecular formula is C39H36F4N4S4. The van der Waals surface area contributed by atoms with Gasteiger partial charge in [0.15, 0.2) is 0 Å². The Labute approximate surface area is 310 Å². The van der Waals surface area contributed by atoms with Crippen LogP contribution in [0, 0.1) is 35.1 Å². The van der Waals surface area contributed by atoms with E-state index in [2.05, 4.69) is 45.2 Å². The molecule has 4 heterocycles. The van der Waals surface area contributed by atoms with Crippen LogP contribution in [0.15, 0.2) is 57.3 Å². The Balaban J connectivity index is 1.24. The van der Waals surface area contributed by atoms with E-state index in [1.807, 2.05) is 12.1 Å². The van der Waals surface area contributed by atoms with E-state index in [1.54, 1.807) is 12.1 Å². The lowest BCUT2D eigenvalue weighted by Gasteiger charge is -2.15. The summed E-state index contributed by atoms with van der Waals surface area (Å²) < 4.78 is 80.5.